The summed E-state index contributed by atoms with van der Waals surface area (Å²) in [4.78, 5) is 11.3. The molecule has 0 saturated heterocycles. The third-order valence-electron chi connectivity index (χ3n) is 3.86. The molecule has 98 valence electrons. The van der Waals surface area contributed by atoms with E-state index in [-0.39, 0.29) is 11.8 Å². The first-order valence-corrected chi connectivity index (χ1v) is 7.02. The van der Waals surface area contributed by atoms with Crippen LogP contribution in [0.1, 0.15) is 37.7 Å². The first kappa shape index (κ1) is 13.4. The third-order valence-corrected chi connectivity index (χ3v) is 4.10. The summed E-state index contributed by atoms with van der Waals surface area (Å²) in [6.45, 7) is 0. The van der Waals surface area contributed by atoms with Gasteiger partial charge < -0.3 is 5.11 Å². The monoisotopic (exact) mass is 266 g/mol. The summed E-state index contributed by atoms with van der Waals surface area (Å²) in [7, 11) is 0. The van der Waals surface area contributed by atoms with Gasteiger partial charge in [-0.25, -0.2) is 0 Å². The molecule has 1 aromatic rings. The Bertz CT molecular complexity index is 417. The lowest BCUT2D eigenvalue weighted by molar-refractivity contribution is -0.143. The van der Waals surface area contributed by atoms with E-state index >= 15 is 0 Å². The van der Waals surface area contributed by atoms with Crippen LogP contribution < -0.4 is 0 Å². The average molecular weight is 267 g/mol. The maximum Gasteiger partial charge on any atom is 0.306 e. The van der Waals surface area contributed by atoms with E-state index in [9.17, 15) is 9.90 Å². The number of benzene rings is 1. The van der Waals surface area contributed by atoms with Gasteiger partial charge in [-0.05, 0) is 42.9 Å². The van der Waals surface area contributed by atoms with E-state index in [2.05, 4.69) is 0 Å². The zero-order chi connectivity index (χ0) is 13.0. The molecule has 0 bridgehead atoms. The zero-order valence-electron chi connectivity index (χ0n) is 10.4. The molecule has 3 heteroatoms. The Hall–Kier alpha value is -1.02. The summed E-state index contributed by atoms with van der Waals surface area (Å²) in [5, 5.41) is 10.1. The van der Waals surface area contributed by atoms with E-state index in [0.29, 0.717) is 0 Å². The number of halogens is 1. The summed E-state index contributed by atoms with van der Waals surface area (Å²) in [5.74, 6) is -0.570. The van der Waals surface area contributed by atoms with Crippen LogP contribution in [-0.2, 0) is 11.2 Å². The Morgan fingerprint density at radius 2 is 2.06 bits per heavy atom. The summed E-state index contributed by atoms with van der Waals surface area (Å²) in [6.07, 6.45) is 6.02. The molecule has 1 aromatic carbocycles. The van der Waals surface area contributed by atoms with Gasteiger partial charge in [0.25, 0.3) is 0 Å². The molecule has 0 spiro atoms. The number of carboxylic acid groups (broad SMARTS) is 1. The zero-order valence-corrected chi connectivity index (χ0v) is 11.2. The van der Waals surface area contributed by atoms with Gasteiger partial charge in [-0.1, -0.05) is 43.0 Å². The molecule has 0 aliphatic heterocycles. The van der Waals surface area contributed by atoms with Crippen LogP contribution in [0.4, 0.5) is 0 Å². The second-order valence-electron chi connectivity index (χ2n) is 5.18. The van der Waals surface area contributed by atoms with Crippen molar-refractivity contribution >= 4 is 17.6 Å². The minimum absolute atomic E-state index is 0.188. The van der Waals surface area contributed by atoms with Crippen LogP contribution in [-0.4, -0.2) is 11.1 Å². The fourth-order valence-corrected chi connectivity index (χ4v) is 3.13. The maximum atomic E-state index is 11.3. The van der Waals surface area contributed by atoms with E-state index in [1.54, 1.807) is 0 Å². The van der Waals surface area contributed by atoms with Crippen LogP contribution in [0, 0.1) is 11.8 Å². The lowest BCUT2D eigenvalue weighted by Crippen LogP contribution is -2.24. The fraction of sp³-hybridized carbons (Fsp3) is 0.533. The molecular weight excluding hydrogens is 248 g/mol. The molecule has 2 atom stereocenters. The molecule has 2 unspecified atom stereocenters. The highest BCUT2D eigenvalue weighted by molar-refractivity contribution is 6.30. The lowest BCUT2D eigenvalue weighted by atomic mass is 9.83. The smallest absolute Gasteiger partial charge is 0.306 e. The molecule has 0 amide bonds. The summed E-state index contributed by atoms with van der Waals surface area (Å²) >= 11 is 5.98. The molecule has 2 nitrogen and oxygen atoms in total. The molecule has 2 rings (SSSR count). The first-order valence-electron chi connectivity index (χ1n) is 6.64. The Morgan fingerprint density at radius 1 is 1.28 bits per heavy atom. The summed E-state index contributed by atoms with van der Waals surface area (Å²) in [5.41, 5.74) is 1.15. The van der Waals surface area contributed by atoms with Crippen molar-refractivity contribution < 1.29 is 9.90 Å². The van der Waals surface area contributed by atoms with Crippen LogP contribution in [0.5, 0.6) is 0 Å². The van der Waals surface area contributed by atoms with Crippen LogP contribution in [0.3, 0.4) is 0 Å². The number of rotatable bonds is 3. The van der Waals surface area contributed by atoms with Gasteiger partial charge in [0.15, 0.2) is 0 Å². The summed E-state index contributed by atoms with van der Waals surface area (Å²) in [6, 6.07) is 7.78. The van der Waals surface area contributed by atoms with E-state index in [1.807, 2.05) is 24.3 Å². The molecule has 18 heavy (non-hydrogen) atoms. The largest absolute Gasteiger partial charge is 0.481 e. The minimum atomic E-state index is -0.635. The lowest BCUT2D eigenvalue weighted by Gasteiger charge is -2.21. The van der Waals surface area contributed by atoms with Crippen molar-refractivity contribution in [1.82, 2.24) is 0 Å². The van der Waals surface area contributed by atoms with Crippen molar-refractivity contribution in [2.45, 2.75) is 38.5 Å². The van der Waals surface area contributed by atoms with Crippen molar-refractivity contribution in [1.29, 1.82) is 0 Å². The van der Waals surface area contributed by atoms with Crippen molar-refractivity contribution in [2.24, 2.45) is 11.8 Å². The molecule has 1 aliphatic carbocycles. The molecule has 1 fully saturated rings. The van der Waals surface area contributed by atoms with Crippen molar-refractivity contribution in [2.75, 3.05) is 0 Å². The van der Waals surface area contributed by atoms with Gasteiger partial charge in [0.1, 0.15) is 0 Å². The molecule has 1 N–H and O–H groups in total. The molecular formula is C15H19ClO2. The molecule has 1 saturated carbocycles. The Balaban J connectivity index is 2.11. The molecule has 0 heterocycles. The second kappa shape index (κ2) is 6.24. The van der Waals surface area contributed by atoms with Crippen molar-refractivity contribution in [3.05, 3.63) is 34.9 Å². The highest BCUT2D eigenvalue weighted by atomic mass is 35.5. The van der Waals surface area contributed by atoms with Gasteiger partial charge in [0, 0.05) is 5.02 Å². The number of hydrogen-bond acceptors (Lipinski definition) is 1. The van der Waals surface area contributed by atoms with Crippen LogP contribution >= 0.6 is 11.6 Å². The topological polar surface area (TPSA) is 37.3 Å². The van der Waals surface area contributed by atoms with Gasteiger partial charge in [-0.15, -0.1) is 0 Å². The van der Waals surface area contributed by atoms with Crippen LogP contribution in [0.2, 0.25) is 5.02 Å². The number of carboxylic acids is 1. The normalized spacial score (nSPS) is 24.5. The second-order valence-corrected chi connectivity index (χ2v) is 5.61. The van der Waals surface area contributed by atoms with Gasteiger partial charge in [-0.3, -0.25) is 4.79 Å². The standard InChI is InChI=1S/C15H19ClO2/c16-13-7-4-5-11(10-13)9-12-6-2-1-3-8-14(12)15(17)18/h4-5,7,10,12,14H,1-3,6,8-9H2,(H,17,18). The first-order chi connectivity index (χ1) is 8.66. The Labute approximate surface area is 113 Å². The summed E-state index contributed by atoms with van der Waals surface area (Å²) < 4.78 is 0. The predicted molar refractivity (Wildman–Crippen MR) is 72.9 cm³/mol. The van der Waals surface area contributed by atoms with Crippen LogP contribution in [0.25, 0.3) is 0 Å². The van der Waals surface area contributed by atoms with E-state index < -0.39 is 5.97 Å². The number of carbonyl (C=O) groups is 1. The highest BCUT2D eigenvalue weighted by Crippen LogP contribution is 2.32. The van der Waals surface area contributed by atoms with Crippen LogP contribution in [0.15, 0.2) is 24.3 Å². The van der Waals surface area contributed by atoms with Gasteiger partial charge in [0.05, 0.1) is 5.92 Å². The van der Waals surface area contributed by atoms with Crippen molar-refractivity contribution in [3.63, 3.8) is 0 Å². The highest BCUT2D eigenvalue weighted by Gasteiger charge is 2.29. The van der Waals surface area contributed by atoms with Gasteiger partial charge in [-0.2, -0.15) is 0 Å². The maximum absolute atomic E-state index is 11.3. The van der Waals surface area contributed by atoms with E-state index in [1.165, 1.54) is 0 Å². The third kappa shape index (κ3) is 3.49. The average Bonchev–Trinajstić information content (AvgIpc) is 2.54. The van der Waals surface area contributed by atoms with E-state index in [4.69, 9.17) is 11.6 Å². The minimum Gasteiger partial charge on any atom is -0.481 e. The Morgan fingerprint density at radius 3 is 2.78 bits per heavy atom. The fourth-order valence-electron chi connectivity index (χ4n) is 2.92. The van der Waals surface area contributed by atoms with Gasteiger partial charge in [0.2, 0.25) is 0 Å². The molecule has 0 aromatic heterocycles. The van der Waals surface area contributed by atoms with Crippen molar-refractivity contribution in [3.8, 4) is 0 Å². The quantitative estimate of drug-likeness (QED) is 0.834. The predicted octanol–water partition coefficient (Wildman–Crippen LogP) is 4.16. The molecule has 0 radical (unpaired) electrons. The van der Waals surface area contributed by atoms with Gasteiger partial charge >= 0.3 is 5.97 Å². The molecule has 1 aliphatic rings. The van der Waals surface area contributed by atoms with E-state index in [0.717, 1.165) is 49.1 Å². The number of aliphatic carboxylic acids is 1. The number of hydrogen-bond donors (Lipinski definition) is 1. The SMILES string of the molecule is O=C(O)C1CCCCCC1Cc1cccc(Cl)c1. The Kier molecular flexibility index (Phi) is 4.65.